The third kappa shape index (κ3) is 12.4. The molecule has 0 saturated carbocycles. The van der Waals surface area contributed by atoms with Crippen LogP contribution in [0.5, 0.6) is 0 Å². The third-order valence-electron chi connectivity index (χ3n) is 5.91. The Morgan fingerprint density at radius 2 is 1.47 bits per heavy atom. The van der Waals surface area contributed by atoms with E-state index in [9.17, 15) is 29.1 Å². The number of carboxylic acids is 1. The van der Waals surface area contributed by atoms with Crippen LogP contribution in [-0.2, 0) is 30.4 Å². The van der Waals surface area contributed by atoms with E-state index in [2.05, 4.69) is 21.3 Å². The zero-order valence-corrected chi connectivity index (χ0v) is 23.5. The summed E-state index contributed by atoms with van der Waals surface area (Å²) in [5.74, 6) is -2.10. The summed E-state index contributed by atoms with van der Waals surface area (Å²) in [6.07, 6.45) is 4.95. The van der Waals surface area contributed by atoms with Crippen molar-refractivity contribution in [3.05, 3.63) is 35.9 Å². The Bertz CT molecular complexity index is 899. The molecular formula is C27H42N4O6S. The minimum atomic E-state index is -1.18. The molecular weight excluding hydrogens is 508 g/mol. The fourth-order valence-corrected chi connectivity index (χ4v) is 4.33. The zero-order chi connectivity index (χ0) is 28.5. The topological polar surface area (TPSA) is 154 Å². The number of hydrogen-bond acceptors (Lipinski definition) is 6. The minimum absolute atomic E-state index is 0.0276. The summed E-state index contributed by atoms with van der Waals surface area (Å²) in [4.78, 5) is 62.1. The summed E-state index contributed by atoms with van der Waals surface area (Å²) >= 11 is 1.54. The van der Waals surface area contributed by atoms with Gasteiger partial charge in [-0.2, -0.15) is 11.8 Å². The number of rotatable bonds is 19. The molecule has 0 aliphatic rings. The molecule has 38 heavy (non-hydrogen) atoms. The van der Waals surface area contributed by atoms with E-state index in [4.69, 9.17) is 0 Å². The highest BCUT2D eigenvalue weighted by Gasteiger charge is 2.31. The third-order valence-corrected chi connectivity index (χ3v) is 6.56. The lowest BCUT2D eigenvalue weighted by atomic mass is 10.0. The van der Waals surface area contributed by atoms with E-state index in [1.807, 2.05) is 33.1 Å². The van der Waals surface area contributed by atoms with Gasteiger partial charge in [-0.25, -0.2) is 4.79 Å². The van der Waals surface area contributed by atoms with Gasteiger partial charge in [0, 0.05) is 6.42 Å². The Hall–Kier alpha value is -3.08. The number of carbonyl (C=O) groups is 5. The number of hydrogen-bond donors (Lipinski definition) is 5. The van der Waals surface area contributed by atoms with Gasteiger partial charge < -0.3 is 26.4 Å². The number of unbranched alkanes of at least 4 members (excludes halogenated alkanes) is 1. The van der Waals surface area contributed by atoms with Gasteiger partial charge in [0.1, 0.15) is 24.2 Å². The predicted octanol–water partition coefficient (Wildman–Crippen LogP) is 1.87. The summed E-state index contributed by atoms with van der Waals surface area (Å²) in [7, 11) is 0. The maximum Gasteiger partial charge on any atom is 0.326 e. The van der Waals surface area contributed by atoms with Crippen molar-refractivity contribution in [3.63, 3.8) is 0 Å². The summed E-state index contributed by atoms with van der Waals surface area (Å²) in [6.45, 7) is 5.74. The van der Waals surface area contributed by atoms with Crippen molar-refractivity contribution in [2.45, 2.75) is 83.5 Å². The number of nitrogens with one attached hydrogen (secondary N) is 4. The zero-order valence-electron chi connectivity index (χ0n) is 22.7. The second kappa shape index (κ2) is 18.2. The fourth-order valence-electron chi connectivity index (χ4n) is 3.85. The predicted molar refractivity (Wildman–Crippen MR) is 149 cm³/mol. The molecule has 5 N–H and O–H groups in total. The monoisotopic (exact) mass is 550 g/mol. The molecule has 212 valence electrons. The van der Waals surface area contributed by atoms with Crippen molar-refractivity contribution in [2.75, 3.05) is 12.0 Å². The van der Waals surface area contributed by atoms with Crippen molar-refractivity contribution in [1.82, 2.24) is 21.3 Å². The van der Waals surface area contributed by atoms with Crippen LogP contribution in [0.4, 0.5) is 0 Å². The van der Waals surface area contributed by atoms with E-state index in [1.165, 1.54) is 11.8 Å². The Morgan fingerprint density at radius 1 is 0.895 bits per heavy atom. The lowest BCUT2D eigenvalue weighted by molar-refractivity contribution is -0.142. The van der Waals surface area contributed by atoms with Gasteiger partial charge in [0.15, 0.2) is 0 Å². The van der Waals surface area contributed by atoms with Gasteiger partial charge in [0.05, 0.1) is 0 Å². The van der Waals surface area contributed by atoms with Crippen LogP contribution in [0.25, 0.3) is 0 Å². The molecule has 4 amide bonds. The van der Waals surface area contributed by atoms with E-state index in [0.29, 0.717) is 31.4 Å². The van der Waals surface area contributed by atoms with Crippen molar-refractivity contribution < 1.29 is 29.1 Å². The van der Waals surface area contributed by atoms with Crippen LogP contribution in [0.2, 0.25) is 0 Å². The molecule has 0 fully saturated rings. The van der Waals surface area contributed by atoms with Gasteiger partial charge in [-0.15, -0.1) is 0 Å². The normalized spacial score (nSPS) is 14.0. The quantitative estimate of drug-likeness (QED) is 0.165. The first kappa shape index (κ1) is 32.9. The standard InChI is InChI=1S/C27H42N4O6S/c1-5-6-12-21(29-24(33)20(28-17-32)13-14-38-4)25(34)30-22(15-18(2)3)26(35)31-23(27(36)37)16-19-10-8-7-9-11-19/h7-11,17-18,20-23H,5-6,12-16H2,1-4H3,(H,28,32)(H,29,33)(H,30,34)(H,31,35)(H,36,37)/t20-,21-,22-,23-/m0/s1. The molecule has 11 heteroatoms. The molecule has 1 aromatic rings. The van der Waals surface area contributed by atoms with Gasteiger partial charge in [0.25, 0.3) is 0 Å². The highest BCUT2D eigenvalue weighted by Crippen LogP contribution is 2.10. The van der Waals surface area contributed by atoms with E-state index in [0.717, 1.165) is 12.0 Å². The van der Waals surface area contributed by atoms with Crippen molar-refractivity contribution in [2.24, 2.45) is 5.92 Å². The van der Waals surface area contributed by atoms with Gasteiger partial charge in [0.2, 0.25) is 24.1 Å². The molecule has 0 radical (unpaired) electrons. The lowest BCUT2D eigenvalue weighted by Gasteiger charge is -2.26. The van der Waals surface area contributed by atoms with Crippen LogP contribution >= 0.6 is 11.8 Å². The van der Waals surface area contributed by atoms with E-state index < -0.39 is 47.9 Å². The molecule has 0 aliphatic carbocycles. The van der Waals surface area contributed by atoms with Gasteiger partial charge >= 0.3 is 5.97 Å². The van der Waals surface area contributed by atoms with Gasteiger partial charge in [-0.1, -0.05) is 63.9 Å². The molecule has 0 saturated heterocycles. The maximum atomic E-state index is 13.3. The number of aliphatic carboxylic acids is 1. The molecule has 10 nitrogen and oxygen atoms in total. The van der Waals surface area contributed by atoms with Crippen LogP contribution in [0.1, 0.15) is 58.4 Å². The van der Waals surface area contributed by atoms with Crippen LogP contribution in [0, 0.1) is 5.92 Å². The first-order chi connectivity index (χ1) is 18.1. The highest BCUT2D eigenvalue weighted by atomic mass is 32.2. The largest absolute Gasteiger partial charge is 0.480 e. The average Bonchev–Trinajstić information content (AvgIpc) is 2.88. The number of amides is 4. The SMILES string of the molecule is CCCC[C@H](NC(=O)[C@H](CCSC)NC=O)C(=O)N[C@@H](CC(C)C)C(=O)N[C@@H](Cc1ccccc1)C(=O)O. The Labute approximate surface area is 229 Å². The minimum Gasteiger partial charge on any atom is -0.480 e. The summed E-state index contributed by atoms with van der Waals surface area (Å²) < 4.78 is 0. The Morgan fingerprint density at radius 3 is 2.03 bits per heavy atom. The van der Waals surface area contributed by atoms with Crippen LogP contribution in [0.15, 0.2) is 30.3 Å². The van der Waals surface area contributed by atoms with Crippen LogP contribution in [-0.4, -0.2) is 71.4 Å². The van der Waals surface area contributed by atoms with Gasteiger partial charge in [-0.3, -0.25) is 19.2 Å². The molecule has 0 bridgehead atoms. The van der Waals surface area contributed by atoms with Crippen molar-refractivity contribution in [1.29, 1.82) is 0 Å². The Balaban J connectivity index is 3.01. The molecule has 0 aliphatic heterocycles. The summed E-state index contributed by atoms with van der Waals surface area (Å²) in [6, 6.07) is 5.12. The van der Waals surface area contributed by atoms with Gasteiger partial charge in [-0.05, 0) is 42.8 Å². The van der Waals surface area contributed by atoms with E-state index >= 15 is 0 Å². The molecule has 0 unspecified atom stereocenters. The first-order valence-electron chi connectivity index (χ1n) is 13.0. The molecule has 0 aromatic heterocycles. The fraction of sp³-hybridized carbons (Fsp3) is 0.593. The number of thioether (sulfide) groups is 1. The molecule has 0 spiro atoms. The maximum absolute atomic E-state index is 13.3. The van der Waals surface area contributed by atoms with Crippen LogP contribution < -0.4 is 21.3 Å². The van der Waals surface area contributed by atoms with Crippen molar-refractivity contribution in [3.8, 4) is 0 Å². The number of carboxylic acid groups (broad SMARTS) is 1. The summed E-state index contributed by atoms with van der Waals surface area (Å²) in [5.41, 5.74) is 0.756. The lowest BCUT2D eigenvalue weighted by Crippen LogP contribution is -2.57. The average molecular weight is 551 g/mol. The second-order valence-electron chi connectivity index (χ2n) is 9.60. The molecule has 1 aromatic carbocycles. The number of carbonyl (C=O) groups excluding carboxylic acids is 4. The molecule has 4 atom stereocenters. The van der Waals surface area contributed by atoms with Crippen LogP contribution in [0.3, 0.4) is 0 Å². The second-order valence-corrected chi connectivity index (χ2v) is 10.6. The van der Waals surface area contributed by atoms with E-state index in [1.54, 1.807) is 24.3 Å². The summed E-state index contributed by atoms with van der Waals surface area (Å²) in [5, 5.41) is 20.2. The van der Waals surface area contributed by atoms with Crippen molar-refractivity contribution >= 4 is 41.9 Å². The highest BCUT2D eigenvalue weighted by molar-refractivity contribution is 7.98. The molecule has 0 heterocycles. The smallest absolute Gasteiger partial charge is 0.326 e. The number of benzene rings is 1. The Kier molecular flexibility index (Phi) is 15.8. The first-order valence-corrected chi connectivity index (χ1v) is 14.4. The molecule has 1 rings (SSSR count). The van der Waals surface area contributed by atoms with E-state index in [-0.39, 0.29) is 18.8 Å².